The lowest BCUT2D eigenvalue weighted by Crippen LogP contribution is -2.44. The molecule has 2 N–H and O–H groups in total. The van der Waals surface area contributed by atoms with Gasteiger partial charge in [0.05, 0.1) is 0 Å². The predicted molar refractivity (Wildman–Crippen MR) is 62.1 cm³/mol. The zero-order chi connectivity index (χ0) is 10.7. The summed E-state index contributed by atoms with van der Waals surface area (Å²) in [6.45, 7) is 2.80. The maximum atomic E-state index is 6.05. The molecule has 1 fully saturated rings. The van der Waals surface area contributed by atoms with E-state index >= 15 is 0 Å². The molecule has 0 atom stereocenters. The molecule has 0 unspecified atom stereocenters. The summed E-state index contributed by atoms with van der Waals surface area (Å²) in [5.74, 6) is 0.980. The van der Waals surface area contributed by atoms with Gasteiger partial charge in [-0.05, 0) is 51.3 Å². The fourth-order valence-electron chi connectivity index (χ4n) is 2.09. The molecule has 1 aromatic carbocycles. The summed E-state index contributed by atoms with van der Waals surface area (Å²) in [5.41, 5.74) is 6.93. The minimum Gasteiger partial charge on any atom is -0.487 e. The Hall–Kier alpha value is -1.02. The van der Waals surface area contributed by atoms with Crippen LogP contribution < -0.4 is 10.5 Å². The first-order chi connectivity index (χ1) is 7.24. The first kappa shape index (κ1) is 10.5. The van der Waals surface area contributed by atoms with E-state index in [2.05, 4.69) is 19.1 Å². The highest BCUT2D eigenvalue weighted by Gasteiger charge is 2.38. The minimum atomic E-state index is 0.0456. The van der Waals surface area contributed by atoms with Gasteiger partial charge >= 0.3 is 0 Å². The first-order valence-electron chi connectivity index (χ1n) is 5.70. The molecule has 0 heterocycles. The fraction of sp³-hybridized carbons (Fsp3) is 0.538. The fourth-order valence-corrected chi connectivity index (χ4v) is 2.09. The van der Waals surface area contributed by atoms with Crippen molar-refractivity contribution in [3.8, 4) is 5.75 Å². The third kappa shape index (κ3) is 2.32. The lowest BCUT2D eigenvalue weighted by atomic mass is 9.77. The maximum absolute atomic E-state index is 6.05. The van der Waals surface area contributed by atoms with Crippen molar-refractivity contribution in [2.75, 3.05) is 6.54 Å². The molecule has 2 heteroatoms. The zero-order valence-electron chi connectivity index (χ0n) is 9.33. The van der Waals surface area contributed by atoms with Crippen molar-refractivity contribution in [1.82, 2.24) is 0 Å². The van der Waals surface area contributed by atoms with Gasteiger partial charge in [-0.1, -0.05) is 17.7 Å². The van der Waals surface area contributed by atoms with Crippen LogP contribution in [0.15, 0.2) is 24.3 Å². The summed E-state index contributed by atoms with van der Waals surface area (Å²) >= 11 is 0. The van der Waals surface area contributed by atoms with Crippen molar-refractivity contribution in [3.05, 3.63) is 29.8 Å². The second kappa shape index (κ2) is 4.23. The van der Waals surface area contributed by atoms with Crippen LogP contribution in [0.5, 0.6) is 5.75 Å². The van der Waals surface area contributed by atoms with E-state index in [-0.39, 0.29) is 5.60 Å². The predicted octanol–water partition coefficient (Wildman–Crippen LogP) is 2.65. The average Bonchev–Trinajstić information content (AvgIpc) is 2.18. The van der Waals surface area contributed by atoms with Gasteiger partial charge in [-0.25, -0.2) is 0 Å². The van der Waals surface area contributed by atoms with Gasteiger partial charge in [0.25, 0.3) is 0 Å². The molecule has 0 bridgehead atoms. The number of rotatable bonds is 4. The zero-order valence-corrected chi connectivity index (χ0v) is 9.33. The van der Waals surface area contributed by atoms with Gasteiger partial charge in [0.15, 0.2) is 0 Å². The second-order valence-corrected chi connectivity index (χ2v) is 4.49. The molecule has 82 valence electrons. The Bertz CT molecular complexity index is 314. The molecule has 0 aromatic heterocycles. The van der Waals surface area contributed by atoms with E-state index in [1.54, 1.807) is 0 Å². The number of aryl methyl sites for hydroxylation is 1. The van der Waals surface area contributed by atoms with Crippen molar-refractivity contribution in [3.63, 3.8) is 0 Å². The van der Waals surface area contributed by atoms with E-state index in [1.807, 2.05) is 12.1 Å². The van der Waals surface area contributed by atoms with Crippen LogP contribution in [-0.2, 0) is 0 Å². The van der Waals surface area contributed by atoms with Crippen LogP contribution in [0, 0.1) is 6.92 Å². The summed E-state index contributed by atoms with van der Waals surface area (Å²) in [6, 6.07) is 8.27. The smallest absolute Gasteiger partial charge is 0.120 e. The molecule has 0 amide bonds. The molecule has 1 aromatic rings. The highest BCUT2D eigenvalue weighted by molar-refractivity contribution is 5.27. The van der Waals surface area contributed by atoms with Crippen LogP contribution in [0.25, 0.3) is 0 Å². The van der Waals surface area contributed by atoms with Gasteiger partial charge in [-0.3, -0.25) is 0 Å². The van der Waals surface area contributed by atoms with Crippen molar-refractivity contribution in [2.45, 2.75) is 38.2 Å². The molecule has 2 rings (SSSR count). The molecule has 0 aliphatic heterocycles. The quantitative estimate of drug-likeness (QED) is 0.820. The highest BCUT2D eigenvalue weighted by atomic mass is 16.5. The topological polar surface area (TPSA) is 35.2 Å². The SMILES string of the molecule is Cc1ccc(OC2(CCN)CCC2)cc1. The number of nitrogens with two attached hydrogens (primary N) is 1. The van der Waals surface area contributed by atoms with E-state index in [4.69, 9.17) is 10.5 Å². The monoisotopic (exact) mass is 205 g/mol. The third-order valence-corrected chi connectivity index (χ3v) is 3.22. The molecular weight excluding hydrogens is 186 g/mol. The maximum Gasteiger partial charge on any atom is 0.120 e. The van der Waals surface area contributed by atoms with Crippen LogP contribution in [0.1, 0.15) is 31.2 Å². The molecule has 0 radical (unpaired) electrons. The number of hydrogen-bond acceptors (Lipinski definition) is 2. The first-order valence-corrected chi connectivity index (χ1v) is 5.70. The van der Waals surface area contributed by atoms with Crippen molar-refractivity contribution in [2.24, 2.45) is 5.73 Å². The number of hydrogen-bond donors (Lipinski definition) is 1. The second-order valence-electron chi connectivity index (χ2n) is 4.49. The van der Waals surface area contributed by atoms with E-state index in [1.165, 1.54) is 12.0 Å². The largest absolute Gasteiger partial charge is 0.487 e. The lowest BCUT2D eigenvalue weighted by Gasteiger charge is -2.41. The Morgan fingerprint density at radius 3 is 2.40 bits per heavy atom. The molecular formula is C13H19NO. The Morgan fingerprint density at radius 1 is 1.27 bits per heavy atom. The van der Waals surface area contributed by atoms with E-state index < -0.39 is 0 Å². The van der Waals surface area contributed by atoms with Gasteiger partial charge < -0.3 is 10.5 Å². The van der Waals surface area contributed by atoms with Crippen LogP contribution in [0.4, 0.5) is 0 Å². The Balaban J connectivity index is 2.03. The van der Waals surface area contributed by atoms with Crippen LogP contribution in [0.2, 0.25) is 0 Å². The summed E-state index contributed by atoms with van der Waals surface area (Å²) in [5, 5.41) is 0. The van der Waals surface area contributed by atoms with Crippen LogP contribution >= 0.6 is 0 Å². The highest BCUT2D eigenvalue weighted by Crippen LogP contribution is 2.38. The lowest BCUT2D eigenvalue weighted by molar-refractivity contribution is -0.0125. The summed E-state index contributed by atoms with van der Waals surface area (Å²) in [7, 11) is 0. The number of benzene rings is 1. The van der Waals surface area contributed by atoms with Crippen molar-refractivity contribution >= 4 is 0 Å². The molecule has 15 heavy (non-hydrogen) atoms. The summed E-state index contributed by atoms with van der Waals surface area (Å²) in [6.07, 6.45) is 4.54. The molecule has 1 aliphatic carbocycles. The van der Waals surface area contributed by atoms with Gasteiger partial charge in [0.2, 0.25) is 0 Å². The van der Waals surface area contributed by atoms with Gasteiger partial charge in [-0.15, -0.1) is 0 Å². The standard InChI is InChI=1S/C13H19NO/c1-11-3-5-12(6-4-11)15-13(9-10-14)7-2-8-13/h3-6H,2,7-10,14H2,1H3. The Kier molecular flexibility index (Phi) is 2.96. The van der Waals surface area contributed by atoms with Crippen LogP contribution in [-0.4, -0.2) is 12.1 Å². The van der Waals surface area contributed by atoms with E-state index in [0.717, 1.165) is 25.0 Å². The van der Waals surface area contributed by atoms with Crippen molar-refractivity contribution in [1.29, 1.82) is 0 Å². The van der Waals surface area contributed by atoms with Crippen molar-refractivity contribution < 1.29 is 4.74 Å². The summed E-state index contributed by atoms with van der Waals surface area (Å²) in [4.78, 5) is 0. The van der Waals surface area contributed by atoms with Gasteiger partial charge in [0.1, 0.15) is 11.4 Å². The van der Waals surface area contributed by atoms with E-state index in [0.29, 0.717) is 6.54 Å². The Morgan fingerprint density at radius 2 is 1.93 bits per heavy atom. The molecule has 1 saturated carbocycles. The Labute approximate surface area is 91.4 Å². The van der Waals surface area contributed by atoms with Crippen LogP contribution in [0.3, 0.4) is 0 Å². The van der Waals surface area contributed by atoms with Gasteiger partial charge in [0, 0.05) is 0 Å². The molecule has 0 spiro atoms. The molecule has 1 aliphatic rings. The minimum absolute atomic E-state index is 0.0456. The van der Waals surface area contributed by atoms with E-state index in [9.17, 15) is 0 Å². The number of ether oxygens (including phenoxy) is 1. The normalized spacial score (nSPS) is 18.3. The summed E-state index contributed by atoms with van der Waals surface area (Å²) < 4.78 is 6.05. The average molecular weight is 205 g/mol. The molecule has 2 nitrogen and oxygen atoms in total. The molecule has 0 saturated heterocycles. The van der Waals surface area contributed by atoms with Gasteiger partial charge in [-0.2, -0.15) is 0 Å². The third-order valence-electron chi connectivity index (χ3n) is 3.22.